The van der Waals surface area contributed by atoms with Crippen LogP contribution in [0.5, 0.6) is 0 Å². The van der Waals surface area contributed by atoms with Gasteiger partial charge in [-0.2, -0.15) is 0 Å². The van der Waals surface area contributed by atoms with Crippen molar-refractivity contribution in [3.63, 3.8) is 0 Å². The minimum Gasteiger partial charge on any atom is -0.463 e. The summed E-state index contributed by atoms with van der Waals surface area (Å²) in [7, 11) is -9.78. The Hall–Kier alpha value is -3.79. The second-order valence-corrected chi connectivity index (χ2v) is 26.2. The third-order valence-corrected chi connectivity index (χ3v) is 16.4. The summed E-state index contributed by atoms with van der Waals surface area (Å²) in [5.74, 6) is -1.62. The molecule has 0 rings (SSSR count). The Balaban J connectivity index is 4.55. The highest BCUT2D eigenvalue weighted by Crippen LogP contribution is 2.45. The van der Waals surface area contributed by atoms with E-state index < -0.39 is 91.5 Å². The van der Waals surface area contributed by atoms with Crippen molar-refractivity contribution >= 4 is 33.6 Å². The van der Waals surface area contributed by atoms with E-state index in [2.05, 4.69) is 130 Å². The summed E-state index contributed by atoms with van der Waals surface area (Å²) in [5, 5.41) is 20.5. The van der Waals surface area contributed by atoms with Gasteiger partial charge in [-0.25, -0.2) is 9.13 Å². The zero-order valence-electron chi connectivity index (χ0n) is 56.7. The van der Waals surface area contributed by atoms with Crippen molar-refractivity contribution in [2.24, 2.45) is 0 Å². The van der Waals surface area contributed by atoms with Crippen molar-refractivity contribution < 1.29 is 75.8 Å². The fourth-order valence-electron chi connectivity index (χ4n) is 9.11. The largest absolute Gasteiger partial charge is 0.472 e. The molecule has 0 heterocycles. The molecule has 0 aromatic rings. The molecule has 0 fully saturated rings. The summed E-state index contributed by atoms with van der Waals surface area (Å²) in [6, 6.07) is 0. The number of rotatable bonds is 66. The number of carbonyl (C=O) groups excluding carboxylic acids is 3. The Kier molecular flexibility index (Phi) is 63.5. The molecule has 91 heavy (non-hydrogen) atoms. The van der Waals surface area contributed by atoms with Crippen LogP contribution in [0.4, 0.5) is 0 Å². The second kappa shape index (κ2) is 66.2. The fraction of sp³-hybridized carbons (Fsp3) is 0.712. The van der Waals surface area contributed by atoms with Crippen molar-refractivity contribution in [3.05, 3.63) is 109 Å². The van der Waals surface area contributed by atoms with Crippen molar-refractivity contribution in [2.45, 2.75) is 296 Å². The van der Waals surface area contributed by atoms with Crippen LogP contribution in [-0.4, -0.2) is 95.9 Å². The molecule has 5 unspecified atom stereocenters. The summed E-state index contributed by atoms with van der Waals surface area (Å²) in [4.78, 5) is 58.3. The van der Waals surface area contributed by atoms with Crippen LogP contribution >= 0.6 is 15.6 Å². The molecule has 0 aliphatic heterocycles. The summed E-state index contributed by atoms with van der Waals surface area (Å²) in [6.45, 7) is 2.47. The van der Waals surface area contributed by atoms with Gasteiger partial charge in [0.15, 0.2) is 6.10 Å². The molecule has 0 aliphatic carbocycles. The maximum absolute atomic E-state index is 12.9. The van der Waals surface area contributed by atoms with Gasteiger partial charge in [0.25, 0.3) is 0 Å². The molecule has 0 aromatic carbocycles. The average molecular weight is 1320 g/mol. The van der Waals surface area contributed by atoms with Gasteiger partial charge in [0.05, 0.1) is 26.4 Å². The third kappa shape index (κ3) is 67.4. The highest BCUT2D eigenvalue weighted by Gasteiger charge is 2.29. The van der Waals surface area contributed by atoms with Gasteiger partial charge in [0, 0.05) is 19.3 Å². The molecule has 4 N–H and O–H groups in total. The molecular weight excluding hydrogens is 1190 g/mol. The monoisotopic (exact) mass is 1320 g/mol. The van der Waals surface area contributed by atoms with Crippen LogP contribution in [0.3, 0.4) is 0 Å². The van der Waals surface area contributed by atoms with Crippen LogP contribution in [0.15, 0.2) is 109 Å². The van der Waals surface area contributed by atoms with Gasteiger partial charge in [-0.1, -0.05) is 259 Å². The number of phosphoric ester groups is 2. The molecule has 5 atom stereocenters. The number of hydrogen-bond acceptors (Lipinski definition) is 14. The van der Waals surface area contributed by atoms with E-state index in [-0.39, 0.29) is 19.3 Å². The maximum atomic E-state index is 12.9. The molecule has 16 nitrogen and oxygen atoms in total. The lowest BCUT2D eigenvalue weighted by Gasteiger charge is -2.21. The number of aliphatic hydroxyl groups is 2. The van der Waals surface area contributed by atoms with Crippen LogP contribution in [-0.2, 0) is 55.8 Å². The Morgan fingerprint density at radius 2 is 0.582 bits per heavy atom. The van der Waals surface area contributed by atoms with E-state index >= 15 is 0 Å². The van der Waals surface area contributed by atoms with Crippen molar-refractivity contribution in [1.82, 2.24) is 0 Å². The predicted molar refractivity (Wildman–Crippen MR) is 371 cm³/mol. The molecule has 0 radical (unpaired) electrons. The number of aliphatic hydroxyl groups excluding tert-OH is 2. The van der Waals surface area contributed by atoms with E-state index in [4.69, 9.17) is 32.3 Å². The molecule has 0 amide bonds. The normalized spacial score (nSPS) is 14.8. The van der Waals surface area contributed by atoms with Gasteiger partial charge in [-0.3, -0.25) is 32.5 Å². The Labute approximate surface area is 551 Å². The second-order valence-electron chi connectivity index (χ2n) is 23.3. The van der Waals surface area contributed by atoms with Crippen LogP contribution in [0.25, 0.3) is 0 Å². The highest BCUT2D eigenvalue weighted by molar-refractivity contribution is 7.47. The third-order valence-electron chi connectivity index (χ3n) is 14.5. The van der Waals surface area contributed by atoms with E-state index in [1.807, 2.05) is 0 Å². The fourth-order valence-corrected chi connectivity index (χ4v) is 10.7. The number of carbonyl (C=O) groups is 3. The quantitative estimate of drug-likeness (QED) is 0.0146. The topological polar surface area (TPSA) is 231 Å². The standard InChI is InChI=1S/C73H126O16P2/c1-4-7-10-13-16-19-22-24-26-28-30-31-32-33-34-35-37-39-40-42-45-47-50-53-56-59-71(76)83-62-68(74)63-85-90(79,80)86-64-69(75)65-87-91(81,82)88-67-70(89-73(78)61-58-55-52-49-44-21-18-15-12-9-6-3)66-84-72(77)60-57-54-51-48-46-43-41-38-36-29-27-25-23-20-17-14-11-8-5-2/h8,11,16-17,19-20,24-27,30-31,33-34,36,38,43,46,68-70,74-75H,4-7,9-10,12-15,18,21-23,28-29,32,35,37,39-42,44-45,47-67H2,1-3H3,(H,79,80)(H,81,82)/b11-8-,19-16-,20-17-,26-24-,27-25-,31-30-,34-33-,38-36-,46-43-. The Morgan fingerprint density at radius 1 is 0.319 bits per heavy atom. The number of esters is 3. The van der Waals surface area contributed by atoms with Gasteiger partial charge < -0.3 is 34.2 Å². The number of unbranched alkanes of at least 4 members (excludes halogenated alkanes) is 25. The molecular formula is C73H126O16P2. The SMILES string of the molecule is CC/C=C\C/C=C\C/C=C\C/C=C\C/C=C\CCCCCC(=O)OCC(COP(=O)(O)OCC(O)COP(=O)(O)OCC(O)COC(=O)CCCCCCCCCCC/C=C\C/C=C\C/C=C\C/C=C\CCCCC)OC(=O)CCCCCCCCCCCCC. The lowest BCUT2D eigenvalue weighted by Crippen LogP contribution is -2.30. The first-order valence-corrected chi connectivity index (χ1v) is 38.2. The van der Waals surface area contributed by atoms with Gasteiger partial charge in [-0.15, -0.1) is 0 Å². The van der Waals surface area contributed by atoms with Gasteiger partial charge >= 0.3 is 33.6 Å². The molecule has 0 spiro atoms. The molecule has 18 heteroatoms. The van der Waals surface area contributed by atoms with Crippen molar-refractivity contribution in [3.8, 4) is 0 Å². The van der Waals surface area contributed by atoms with E-state index in [0.717, 1.165) is 128 Å². The van der Waals surface area contributed by atoms with Crippen LogP contribution in [0.1, 0.15) is 278 Å². The first kappa shape index (κ1) is 87.2. The highest BCUT2D eigenvalue weighted by atomic mass is 31.2. The maximum Gasteiger partial charge on any atom is 0.472 e. The number of phosphoric acid groups is 2. The smallest absolute Gasteiger partial charge is 0.463 e. The van der Waals surface area contributed by atoms with E-state index in [0.29, 0.717) is 19.3 Å². The van der Waals surface area contributed by atoms with Crippen molar-refractivity contribution in [1.29, 1.82) is 0 Å². The Bertz CT molecular complexity index is 2100. The van der Waals surface area contributed by atoms with Gasteiger partial charge in [0.2, 0.25) is 0 Å². The first-order valence-electron chi connectivity index (χ1n) is 35.2. The van der Waals surface area contributed by atoms with Gasteiger partial charge in [0.1, 0.15) is 25.4 Å². The van der Waals surface area contributed by atoms with Crippen LogP contribution in [0.2, 0.25) is 0 Å². The lowest BCUT2D eigenvalue weighted by molar-refractivity contribution is -0.161. The molecule has 0 aliphatic rings. The summed E-state index contributed by atoms with van der Waals surface area (Å²) < 4.78 is 60.8. The van der Waals surface area contributed by atoms with Gasteiger partial charge in [-0.05, 0) is 109 Å². The molecule has 0 saturated carbocycles. The summed E-state index contributed by atoms with van der Waals surface area (Å²) in [6.07, 6.45) is 74.3. The van der Waals surface area contributed by atoms with E-state index in [1.54, 1.807) is 0 Å². The number of allylic oxidation sites excluding steroid dienone is 18. The minimum atomic E-state index is -4.93. The zero-order chi connectivity index (χ0) is 66.7. The molecule has 0 aromatic heterocycles. The van der Waals surface area contributed by atoms with Crippen LogP contribution in [0, 0.1) is 0 Å². The zero-order valence-corrected chi connectivity index (χ0v) is 58.5. The predicted octanol–water partition coefficient (Wildman–Crippen LogP) is 19.6. The number of hydrogen-bond donors (Lipinski definition) is 4. The summed E-state index contributed by atoms with van der Waals surface area (Å²) in [5.41, 5.74) is 0. The first-order chi connectivity index (χ1) is 44.2. The lowest BCUT2D eigenvalue weighted by atomic mass is 10.1. The molecule has 0 bridgehead atoms. The summed E-state index contributed by atoms with van der Waals surface area (Å²) >= 11 is 0. The molecule has 0 saturated heterocycles. The molecule has 524 valence electrons. The minimum absolute atomic E-state index is 0.0975. The average Bonchev–Trinajstić information content (AvgIpc) is 3.70. The van der Waals surface area contributed by atoms with E-state index in [9.17, 15) is 43.5 Å². The Morgan fingerprint density at radius 3 is 0.956 bits per heavy atom. The van der Waals surface area contributed by atoms with Crippen LogP contribution < -0.4 is 0 Å². The van der Waals surface area contributed by atoms with Crippen molar-refractivity contribution in [2.75, 3.05) is 39.6 Å². The number of ether oxygens (including phenoxy) is 3. The van der Waals surface area contributed by atoms with E-state index in [1.165, 1.54) is 89.9 Å².